The highest BCUT2D eigenvalue weighted by molar-refractivity contribution is 9.10. The van der Waals surface area contributed by atoms with E-state index in [1.807, 2.05) is 25.1 Å². The molecule has 1 aliphatic heterocycles. The lowest BCUT2D eigenvalue weighted by molar-refractivity contribution is -0.146. The average Bonchev–Trinajstić information content (AvgIpc) is 2.73. The number of carbonyl (C=O) groups is 2. The zero-order valence-electron chi connectivity index (χ0n) is 17.6. The quantitative estimate of drug-likeness (QED) is 0.600. The van der Waals surface area contributed by atoms with Gasteiger partial charge in [0.1, 0.15) is 11.9 Å². The molecule has 1 atom stereocenters. The number of esters is 1. The second-order valence-electron chi connectivity index (χ2n) is 8.32. The van der Waals surface area contributed by atoms with E-state index in [1.54, 1.807) is 7.11 Å². The second-order valence-corrected chi connectivity index (χ2v) is 9.23. The smallest absolute Gasteiger partial charge is 0.337 e. The van der Waals surface area contributed by atoms with Gasteiger partial charge in [-0.15, -0.1) is 0 Å². The summed E-state index contributed by atoms with van der Waals surface area (Å²) in [6.07, 6.45) is 7.26. The molecule has 5 nitrogen and oxygen atoms in total. The third-order valence-electron chi connectivity index (χ3n) is 6.32. The number of benzene rings is 1. The molecule has 3 aliphatic rings. The molecule has 0 radical (unpaired) electrons. The van der Waals surface area contributed by atoms with Crippen molar-refractivity contribution < 1.29 is 19.1 Å². The maximum atomic E-state index is 13.4. The van der Waals surface area contributed by atoms with Crippen LogP contribution in [0.3, 0.4) is 0 Å². The van der Waals surface area contributed by atoms with Crippen molar-refractivity contribution in [2.45, 2.75) is 70.3 Å². The Morgan fingerprint density at radius 1 is 1.13 bits per heavy atom. The number of ether oxygens (including phenoxy) is 2. The molecule has 0 aromatic heterocycles. The van der Waals surface area contributed by atoms with Crippen LogP contribution in [-0.4, -0.2) is 25.0 Å². The third-order valence-corrected chi connectivity index (χ3v) is 6.82. The minimum absolute atomic E-state index is 0.0472. The molecule has 0 amide bonds. The van der Waals surface area contributed by atoms with Gasteiger partial charge in [-0.1, -0.05) is 22.4 Å². The Morgan fingerprint density at radius 2 is 1.90 bits per heavy atom. The molecule has 0 bridgehead atoms. The molecule has 1 heterocycles. The van der Waals surface area contributed by atoms with E-state index in [0.717, 1.165) is 60.0 Å². The van der Waals surface area contributed by atoms with Crippen LogP contribution in [0, 0.1) is 0 Å². The Bertz CT molecular complexity index is 927. The number of halogens is 1. The van der Waals surface area contributed by atoms with E-state index in [-0.39, 0.29) is 17.9 Å². The maximum Gasteiger partial charge on any atom is 0.337 e. The van der Waals surface area contributed by atoms with Crippen molar-refractivity contribution in [3.63, 3.8) is 0 Å². The van der Waals surface area contributed by atoms with Gasteiger partial charge >= 0.3 is 5.97 Å². The fraction of sp³-hybridized carbons (Fsp3) is 0.500. The summed E-state index contributed by atoms with van der Waals surface area (Å²) in [5, 5.41) is 3.35. The van der Waals surface area contributed by atoms with E-state index in [0.29, 0.717) is 23.3 Å². The minimum Gasteiger partial charge on any atom is -0.496 e. The molecule has 160 valence electrons. The van der Waals surface area contributed by atoms with Crippen LogP contribution in [-0.2, 0) is 14.3 Å². The summed E-state index contributed by atoms with van der Waals surface area (Å²) in [5.41, 5.74) is 3.69. The van der Waals surface area contributed by atoms with Crippen molar-refractivity contribution in [1.82, 2.24) is 5.32 Å². The Balaban J connectivity index is 1.80. The van der Waals surface area contributed by atoms with Crippen LogP contribution in [0.5, 0.6) is 5.75 Å². The largest absolute Gasteiger partial charge is 0.496 e. The summed E-state index contributed by atoms with van der Waals surface area (Å²) in [5.74, 6) is -0.0706. The van der Waals surface area contributed by atoms with Gasteiger partial charge in [0.05, 0.1) is 18.6 Å². The summed E-state index contributed by atoms with van der Waals surface area (Å²) >= 11 is 3.54. The van der Waals surface area contributed by atoms with Crippen LogP contribution in [0.2, 0.25) is 0 Å². The van der Waals surface area contributed by atoms with Crippen molar-refractivity contribution in [3.05, 3.63) is 50.8 Å². The lowest BCUT2D eigenvalue weighted by Crippen LogP contribution is -2.35. The van der Waals surface area contributed by atoms with Gasteiger partial charge in [0, 0.05) is 33.4 Å². The molecule has 30 heavy (non-hydrogen) atoms. The standard InChI is InChI=1S/C24H28BrNO4/c1-14-21(24(28)30-16-7-4-3-5-8-16)22(17-13-15(25)11-12-20(17)29-2)23-18(26-14)9-6-10-19(23)27/h11-13,16,22,26H,3-10H2,1-2H3. The number of methoxy groups -OCH3 is 1. The number of nitrogens with one attached hydrogen (secondary N) is 1. The van der Waals surface area contributed by atoms with Gasteiger partial charge in [-0.3, -0.25) is 4.79 Å². The number of dihydropyridines is 1. The summed E-state index contributed by atoms with van der Waals surface area (Å²) in [6.45, 7) is 1.90. The van der Waals surface area contributed by atoms with Gasteiger partial charge in [0.25, 0.3) is 0 Å². The molecule has 1 aromatic rings. The molecule has 0 saturated heterocycles. The van der Waals surface area contributed by atoms with E-state index >= 15 is 0 Å². The van der Waals surface area contributed by atoms with Crippen LogP contribution < -0.4 is 10.1 Å². The number of allylic oxidation sites excluding steroid dienone is 3. The number of Topliss-reactive ketones (excluding diaryl/α,β-unsaturated/α-hetero) is 1. The first kappa shape index (κ1) is 21.2. The van der Waals surface area contributed by atoms with Crippen molar-refractivity contribution in [1.29, 1.82) is 0 Å². The van der Waals surface area contributed by atoms with E-state index in [2.05, 4.69) is 21.2 Å². The highest BCUT2D eigenvalue weighted by Gasteiger charge is 2.41. The SMILES string of the molecule is COc1ccc(Br)cc1C1C(C(=O)OC2CCCCC2)=C(C)NC2=C1C(=O)CCC2. The van der Waals surface area contributed by atoms with Crippen molar-refractivity contribution in [2.24, 2.45) is 0 Å². The van der Waals surface area contributed by atoms with Crippen molar-refractivity contribution >= 4 is 27.7 Å². The molecular formula is C24H28BrNO4. The summed E-state index contributed by atoms with van der Waals surface area (Å²) in [7, 11) is 1.61. The van der Waals surface area contributed by atoms with E-state index in [9.17, 15) is 9.59 Å². The van der Waals surface area contributed by atoms with Gasteiger partial charge in [0.2, 0.25) is 0 Å². The van der Waals surface area contributed by atoms with Crippen molar-refractivity contribution in [3.8, 4) is 5.75 Å². The molecule has 6 heteroatoms. The van der Waals surface area contributed by atoms with Crippen LogP contribution in [0.25, 0.3) is 0 Å². The first-order chi connectivity index (χ1) is 14.5. The first-order valence-corrected chi connectivity index (χ1v) is 11.6. The highest BCUT2D eigenvalue weighted by Crippen LogP contribution is 2.46. The topological polar surface area (TPSA) is 64.6 Å². The fourth-order valence-electron chi connectivity index (χ4n) is 4.89. The van der Waals surface area contributed by atoms with Crippen LogP contribution in [0.1, 0.15) is 69.8 Å². The van der Waals surface area contributed by atoms with Crippen LogP contribution in [0.4, 0.5) is 0 Å². The third kappa shape index (κ3) is 4.07. The van der Waals surface area contributed by atoms with Crippen LogP contribution in [0.15, 0.2) is 45.2 Å². The zero-order valence-corrected chi connectivity index (χ0v) is 19.1. The Hall–Kier alpha value is -2.08. The minimum atomic E-state index is -0.488. The molecular weight excluding hydrogens is 446 g/mol. The fourth-order valence-corrected chi connectivity index (χ4v) is 5.27. The number of carbonyl (C=O) groups excluding carboxylic acids is 2. The molecule has 0 spiro atoms. The van der Waals surface area contributed by atoms with E-state index in [1.165, 1.54) is 6.42 Å². The average molecular weight is 474 g/mol. The highest BCUT2D eigenvalue weighted by atomic mass is 79.9. The maximum absolute atomic E-state index is 13.4. The lowest BCUT2D eigenvalue weighted by atomic mass is 9.75. The Morgan fingerprint density at radius 3 is 2.63 bits per heavy atom. The summed E-state index contributed by atoms with van der Waals surface area (Å²) in [6, 6.07) is 5.72. The van der Waals surface area contributed by atoms with Crippen molar-refractivity contribution in [2.75, 3.05) is 7.11 Å². The molecule has 1 aromatic carbocycles. The van der Waals surface area contributed by atoms with E-state index in [4.69, 9.17) is 9.47 Å². The molecule has 2 aliphatic carbocycles. The Kier molecular flexibility index (Phi) is 6.32. The normalized spacial score (nSPS) is 22.5. The molecule has 1 saturated carbocycles. The first-order valence-electron chi connectivity index (χ1n) is 10.8. The molecule has 1 unspecified atom stereocenters. The monoisotopic (exact) mass is 473 g/mol. The van der Waals surface area contributed by atoms with Crippen LogP contribution >= 0.6 is 15.9 Å². The molecule has 4 rings (SSSR count). The number of rotatable bonds is 4. The molecule has 1 N–H and O–H groups in total. The predicted octanol–water partition coefficient (Wildman–Crippen LogP) is 5.30. The second kappa shape index (κ2) is 8.96. The summed E-state index contributed by atoms with van der Waals surface area (Å²) < 4.78 is 12.5. The zero-order chi connectivity index (χ0) is 21.3. The predicted molar refractivity (Wildman–Crippen MR) is 118 cm³/mol. The number of hydrogen-bond donors (Lipinski definition) is 1. The van der Waals surface area contributed by atoms with Gasteiger partial charge in [-0.05, 0) is 63.6 Å². The van der Waals surface area contributed by atoms with E-state index < -0.39 is 5.92 Å². The number of ketones is 1. The van der Waals surface area contributed by atoms with Gasteiger partial charge in [-0.2, -0.15) is 0 Å². The van der Waals surface area contributed by atoms with Gasteiger partial charge < -0.3 is 14.8 Å². The Labute approximate surface area is 186 Å². The lowest BCUT2D eigenvalue weighted by Gasteiger charge is -2.35. The molecule has 1 fully saturated rings. The van der Waals surface area contributed by atoms with Gasteiger partial charge in [-0.25, -0.2) is 4.79 Å². The van der Waals surface area contributed by atoms with Gasteiger partial charge in [0.15, 0.2) is 5.78 Å². The summed E-state index contributed by atoms with van der Waals surface area (Å²) in [4.78, 5) is 26.5. The number of hydrogen-bond acceptors (Lipinski definition) is 5.